The zero-order valence-electron chi connectivity index (χ0n) is 23.1. The SMILES string of the molecule is [2H]C([2H])([2H])Oc1ccc(C#N)c(F)c1-c1nccc(C(=O)Nc2ccc3sc(C)nc3c2N2C[C@H](N)C[C@H]2CO)n1. The summed E-state index contributed by atoms with van der Waals surface area (Å²) >= 11 is 1.49. The van der Waals surface area contributed by atoms with E-state index in [2.05, 4.69) is 20.3 Å². The summed E-state index contributed by atoms with van der Waals surface area (Å²) in [6.07, 6.45) is 1.77. The molecule has 2 atom stereocenters. The highest BCUT2D eigenvalue weighted by molar-refractivity contribution is 7.18. The summed E-state index contributed by atoms with van der Waals surface area (Å²) in [7, 11) is -2.92. The second-order valence-corrected chi connectivity index (χ2v) is 9.99. The topological polar surface area (TPSA) is 150 Å². The number of aliphatic hydroxyl groups is 1. The molecule has 4 aromatic rings. The minimum atomic E-state index is -2.92. The molecule has 2 aromatic carbocycles. The largest absolute Gasteiger partial charge is 0.496 e. The van der Waals surface area contributed by atoms with Crippen molar-refractivity contribution in [1.82, 2.24) is 15.0 Å². The first-order chi connectivity index (χ1) is 19.5. The van der Waals surface area contributed by atoms with Gasteiger partial charge in [-0.25, -0.2) is 19.3 Å². The maximum absolute atomic E-state index is 15.2. The van der Waals surface area contributed by atoms with Gasteiger partial charge >= 0.3 is 0 Å². The van der Waals surface area contributed by atoms with Crippen LogP contribution in [0.5, 0.6) is 5.75 Å². The lowest BCUT2D eigenvalue weighted by molar-refractivity contribution is 0.102. The van der Waals surface area contributed by atoms with Gasteiger partial charge in [-0.05, 0) is 43.7 Å². The van der Waals surface area contributed by atoms with Gasteiger partial charge in [0.2, 0.25) is 0 Å². The van der Waals surface area contributed by atoms with Crippen molar-refractivity contribution in [3.8, 4) is 23.2 Å². The van der Waals surface area contributed by atoms with Crippen LogP contribution < -0.4 is 20.7 Å². The number of aryl methyl sites for hydroxylation is 1. The summed E-state index contributed by atoms with van der Waals surface area (Å²) in [5, 5.41) is 23.0. The second kappa shape index (κ2) is 10.3. The van der Waals surface area contributed by atoms with Crippen LogP contribution in [0.2, 0.25) is 0 Å². The third-order valence-electron chi connectivity index (χ3n) is 6.28. The monoisotopic (exact) mass is 536 g/mol. The third kappa shape index (κ3) is 4.51. The van der Waals surface area contributed by atoms with Gasteiger partial charge in [-0.2, -0.15) is 5.26 Å². The van der Waals surface area contributed by atoms with Gasteiger partial charge in [-0.15, -0.1) is 11.3 Å². The van der Waals surface area contributed by atoms with Crippen LogP contribution in [0.15, 0.2) is 36.5 Å². The van der Waals surface area contributed by atoms with E-state index in [1.165, 1.54) is 23.6 Å². The van der Waals surface area contributed by atoms with Crippen molar-refractivity contribution < 1.29 is 23.1 Å². The number of hydrogen-bond acceptors (Lipinski definition) is 10. The molecule has 12 heteroatoms. The number of halogens is 1. The van der Waals surface area contributed by atoms with Gasteiger partial charge in [-0.3, -0.25) is 4.79 Å². The average Bonchev–Trinajstić information content (AvgIpc) is 3.49. The summed E-state index contributed by atoms with van der Waals surface area (Å²) < 4.78 is 43.3. The number of anilines is 2. The van der Waals surface area contributed by atoms with Crippen molar-refractivity contribution >= 4 is 38.8 Å². The second-order valence-electron chi connectivity index (χ2n) is 8.76. The number of benzene rings is 2. The van der Waals surface area contributed by atoms with E-state index in [9.17, 15) is 15.2 Å². The number of thiazole rings is 1. The van der Waals surface area contributed by atoms with Crippen molar-refractivity contribution in [2.24, 2.45) is 5.73 Å². The van der Waals surface area contributed by atoms with Crippen molar-refractivity contribution in [2.75, 3.05) is 30.4 Å². The quantitative estimate of drug-likeness (QED) is 0.337. The summed E-state index contributed by atoms with van der Waals surface area (Å²) in [6, 6.07) is 8.31. The Morgan fingerprint density at radius 3 is 3.00 bits per heavy atom. The number of carbonyl (C=O) groups excluding carboxylic acids is 1. The predicted molar refractivity (Wildman–Crippen MR) is 142 cm³/mol. The standard InChI is InChI=1S/C26H24FN7O3S/c1-13-31-23-20(38-13)6-4-17(24(23)34-11-15(29)9-16(34)12-35)33-26(36)18-7-8-30-25(32-18)21-19(37-2)5-3-14(10-28)22(21)27/h3-8,15-16,35H,9,11-12,29H2,1-2H3,(H,33,36)/t15-,16+/m1/s1/i2D3. The van der Waals surface area contributed by atoms with E-state index in [0.717, 1.165) is 21.8 Å². The van der Waals surface area contributed by atoms with E-state index >= 15 is 4.39 Å². The number of nitrogens with two attached hydrogens (primary N) is 1. The maximum atomic E-state index is 15.2. The Kier molecular flexibility index (Phi) is 5.92. The number of fused-ring (bicyclic) bond motifs is 1. The Hall–Kier alpha value is -4.18. The number of nitrogens with zero attached hydrogens (tertiary/aromatic N) is 5. The Balaban J connectivity index is 1.55. The fourth-order valence-corrected chi connectivity index (χ4v) is 5.44. The summed E-state index contributed by atoms with van der Waals surface area (Å²) in [5.74, 6) is -2.51. The highest BCUT2D eigenvalue weighted by Crippen LogP contribution is 2.40. The number of ether oxygens (including phenoxy) is 1. The van der Waals surface area contributed by atoms with Crippen LogP contribution >= 0.6 is 11.3 Å². The van der Waals surface area contributed by atoms with Gasteiger partial charge in [0.25, 0.3) is 5.91 Å². The third-order valence-corrected chi connectivity index (χ3v) is 7.22. The first kappa shape index (κ1) is 21.9. The van der Waals surface area contributed by atoms with Crippen LogP contribution in [-0.4, -0.2) is 58.2 Å². The lowest BCUT2D eigenvalue weighted by Crippen LogP contribution is -2.34. The van der Waals surface area contributed by atoms with E-state index in [1.807, 2.05) is 17.9 Å². The van der Waals surface area contributed by atoms with Gasteiger partial charge in [0.1, 0.15) is 23.0 Å². The normalized spacial score (nSPS) is 18.5. The fourth-order valence-electron chi connectivity index (χ4n) is 4.61. The van der Waals surface area contributed by atoms with Gasteiger partial charge < -0.3 is 25.8 Å². The van der Waals surface area contributed by atoms with Crippen LogP contribution in [0.1, 0.15) is 31.6 Å². The molecule has 1 amide bonds. The summed E-state index contributed by atoms with van der Waals surface area (Å²) in [5.41, 5.74) is 6.88. The average molecular weight is 537 g/mol. The predicted octanol–water partition coefficient (Wildman–Crippen LogP) is 3.23. The Bertz CT molecular complexity index is 1690. The molecule has 3 heterocycles. The number of methoxy groups -OCH3 is 1. The van der Waals surface area contributed by atoms with Crippen molar-refractivity contribution in [1.29, 1.82) is 5.26 Å². The molecule has 0 spiro atoms. The Morgan fingerprint density at radius 2 is 2.24 bits per heavy atom. The molecular formula is C26H24FN7O3S. The van der Waals surface area contributed by atoms with Crippen LogP contribution in [-0.2, 0) is 0 Å². The lowest BCUT2D eigenvalue weighted by Gasteiger charge is -2.28. The molecule has 0 radical (unpaired) electrons. The Morgan fingerprint density at radius 1 is 1.39 bits per heavy atom. The van der Waals surface area contributed by atoms with Gasteiger partial charge in [0, 0.05) is 18.8 Å². The molecule has 1 saturated heterocycles. The van der Waals surface area contributed by atoms with Crippen LogP contribution in [0.4, 0.5) is 15.8 Å². The zero-order chi connectivity index (χ0) is 29.5. The Labute approximate surface area is 225 Å². The molecule has 1 aliphatic heterocycles. The van der Waals surface area contributed by atoms with Crippen molar-refractivity contribution in [3.63, 3.8) is 0 Å². The van der Waals surface area contributed by atoms with E-state index in [4.69, 9.17) is 14.6 Å². The van der Waals surface area contributed by atoms with E-state index in [0.29, 0.717) is 29.9 Å². The molecule has 0 aliphatic carbocycles. The summed E-state index contributed by atoms with van der Waals surface area (Å²) in [6.45, 7) is 2.19. The number of nitrogens with one attached hydrogen (secondary N) is 1. The van der Waals surface area contributed by atoms with Gasteiger partial charge in [-0.1, -0.05) is 0 Å². The molecule has 5 rings (SSSR count). The number of amides is 1. The molecule has 4 N–H and O–H groups in total. The van der Waals surface area contributed by atoms with Gasteiger partial charge in [0.15, 0.2) is 11.6 Å². The van der Waals surface area contributed by atoms with Crippen LogP contribution in [0.3, 0.4) is 0 Å². The zero-order valence-corrected chi connectivity index (χ0v) is 20.9. The van der Waals surface area contributed by atoms with E-state index in [-0.39, 0.29) is 35.8 Å². The van der Waals surface area contributed by atoms with E-state index in [1.54, 1.807) is 12.1 Å². The molecular weight excluding hydrogens is 509 g/mol. The number of nitriles is 1. The smallest absolute Gasteiger partial charge is 0.274 e. The molecule has 10 nitrogen and oxygen atoms in total. The first-order valence-corrected chi connectivity index (χ1v) is 12.4. The number of aliphatic hydroxyl groups excluding tert-OH is 1. The minimum Gasteiger partial charge on any atom is -0.496 e. The summed E-state index contributed by atoms with van der Waals surface area (Å²) in [4.78, 5) is 28.3. The molecule has 0 unspecified atom stereocenters. The number of rotatable bonds is 6. The van der Waals surface area contributed by atoms with Crippen molar-refractivity contribution in [3.05, 3.63) is 58.6 Å². The molecule has 1 aliphatic rings. The molecule has 0 bridgehead atoms. The fraction of sp³-hybridized carbons (Fsp3) is 0.269. The molecule has 194 valence electrons. The first-order valence-electron chi connectivity index (χ1n) is 13.1. The maximum Gasteiger partial charge on any atom is 0.274 e. The number of carbonyl (C=O) groups is 1. The molecule has 38 heavy (non-hydrogen) atoms. The van der Waals surface area contributed by atoms with Crippen LogP contribution in [0.25, 0.3) is 21.6 Å². The molecule has 0 saturated carbocycles. The van der Waals surface area contributed by atoms with E-state index < -0.39 is 30.1 Å². The number of aromatic nitrogens is 3. The van der Waals surface area contributed by atoms with Gasteiger partial charge in [0.05, 0.1) is 56.0 Å². The highest BCUT2D eigenvalue weighted by atomic mass is 32.1. The van der Waals surface area contributed by atoms with Crippen molar-refractivity contribution in [2.45, 2.75) is 25.4 Å². The molecule has 2 aromatic heterocycles. The minimum absolute atomic E-state index is 0.135. The lowest BCUT2D eigenvalue weighted by atomic mass is 10.1. The number of hydrogen-bond donors (Lipinski definition) is 3. The highest BCUT2D eigenvalue weighted by Gasteiger charge is 2.33. The van der Waals surface area contributed by atoms with Crippen LogP contribution in [0, 0.1) is 24.1 Å². The molecule has 1 fully saturated rings.